The van der Waals surface area contributed by atoms with Crippen molar-refractivity contribution in [2.24, 2.45) is 5.92 Å². The number of amides is 2. The van der Waals surface area contributed by atoms with Gasteiger partial charge in [-0.05, 0) is 55.4 Å². The smallest absolute Gasteiger partial charge is 0.313 e. The summed E-state index contributed by atoms with van der Waals surface area (Å²) in [5, 5.41) is 16.3. The van der Waals surface area contributed by atoms with Crippen LogP contribution in [0.5, 0.6) is 0 Å². The number of carbonyl (C=O) groups is 2. The summed E-state index contributed by atoms with van der Waals surface area (Å²) in [5.74, 6) is -1.38. The molecule has 0 spiro atoms. The highest BCUT2D eigenvalue weighted by atomic mass is 16.3. The average molecular weight is 352 g/mol. The molecule has 1 atom stereocenters. The van der Waals surface area contributed by atoms with E-state index in [4.69, 9.17) is 0 Å². The van der Waals surface area contributed by atoms with E-state index in [1.54, 1.807) is 0 Å². The van der Waals surface area contributed by atoms with Crippen molar-refractivity contribution in [2.75, 3.05) is 11.9 Å². The lowest BCUT2D eigenvalue weighted by Gasteiger charge is -2.29. The van der Waals surface area contributed by atoms with Gasteiger partial charge in [-0.15, -0.1) is 0 Å². The Morgan fingerprint density at radius 3 is 2.42 bits per heavy atom. The maximum absolute atomic E-state index is 12.2. The molecule has 1 aliphatic carbocycles. The highest BCUT2D eigenvalue weighted by molar-refractivity contribution is 6.39. The summed E-state index contributed by atoms with van der Waals surface area (Å²) >= 11 is 0. The molecule has 2 aromatic rings. The number of hydrogen-bond donors (Lipinski definition) is 3. The fourth-order valence-corrected chi connectivity index (χ4v) is 3.11. The van der Waals surface area contributed by atoms with E-state index in [1.165, 1.54) is 0 Å². The molecule has 5 heteroatoms. The standard InChI is InChI=1S/C21H24N2O3/c1-14-8-9-15(2)18(12-14)23-20(25)19(24)22-13-21(26,17-10-11-17)16-6-4-3-5-7-16/h3-9,12,17,26H,10-11,13H2,1-2H3,(H,22,24)(H,23,25). The Kier molecular flexibility index (Phi) is 5.09. The first-order valence-electron chi connectivity index (χ1n) is 8.84. The zero-order valence-corrected chi connectivity index (χ0v) is 15.1. The monoisotopic (exact) mass is 352 g/mol. The number of carbonyl (C=O) groups excluding carboxylic acids is 2. The van der Waals surface area contributed by atoms with Crippen LogP contribution in [0, 0.1) is 19.8 Å². The van der Waals surface area contributed by atoms with Crippen molar-refractivity contribution in [3.8, 4) is 0 Å². The summed E-state index contributed by atoms with van der Waals surface area (Å²) in [6, 6.07) is 15.0. The van der Waals surface area contributed by atoms with Gasteiger partial charge >= 0.3 is 11.8 Å². The molecule has 1 saturated carbocycles. The van der Waals surface area contributed by atoms with E-state index in [0.29, 0.717) is 5.69 Å². The Balaban J connectivity index is 1.65. The molecule has 136 valence electrons. The lowest BCUT2D eigenvalue weighted by molar-refractivity contribution is -0.137. The van der Waals surface area contributed by atoms with Crippen molar-refractivity contribution in [1.82, 2.24) is 5.32 Å². The van der Waals surface area contributed by atoms with Crippen molar-refractivity contribution in [3.05, 3.63) is 65.2 Å². The van der Waals surface area contributed by atoms with Crippen LogP contribution in [0.25, 0.3) is 0 Å². The number of aliphatic hydroxyl groups is 1. The number of hydrogen-bond acceptors (Lipinski definition) is 3. The van der Waals surface area contributed by atoms with Gasteiger partial charge in [0.25, 0.3) is 0 Å². The summed E-state index contributed by atoms with van der Waals surface area (Å²) in [4.78, 5) is 24.4. The van der Waals surface area contributed by atoms with Crippen molar-refractivity contribution >= 4 is 17.5 Å². The van der Waals surface area contributed by atoms with E-state index in [0.717, 1.165) is 29.5 Å². The maximum Gasteiger partial charge on any atom is 0.313 e. The van der Waals surface area contributed by atoms with Gasteiger partial charge in [0.05, 0.1) is 6.54 Å². The lowest BCUT2D eigenvalue weighted by atomic mass is 9.88. The third-order valence-electron chi connectivity index (χ3n) is 4.89. The van der Waals surface area contributed by atoms with Gasteiger partial charge in [0.1, 0.15) is 5.60 Å². The molecule has 5 nitrogen and oxygen atoms in total. The Labute approximate surface area is 153 Å². The van der Waals surface area contributed by atoms with Crippen LogP contribution in [0.3, 0.4) is 0 Å². The predicted molar refractivity (Wildman–Crippen MR) is 101 cm³/mol. The van der Waals surface area contributed by atoms with Crippen molar-refractivity contribution in [1.29, 1.82) is 0 Å². The average Bonchev–Trinajstić information content (AvgIpc) is 3.48. The van der Waals surface area contributed by atoms with Crippen LogP contribution < -0.4 is 10.6 Å². The topological polar surface area (TPSA) is 78.4 Å². The molecule has 1 unspecified atom stereocenters. The minimum atomic E-state index is -1.14. The minimum Gasteiger partial charge on any atom is -0.383 e. The zero-order chi connectivity index (χ0) is 18.7. The maximum atomic E-state index is 12.2. The Bertz CT molecular complexity index is 815. The Morgan fingerprint density at radius 2 is 1.77 bits per heavy atom. The highest BCUT2D eigenvalue weighted by Gasteiger charge is 2.45. The fourth-order valence-electron chi connectivity index (χ4n) is 3.11. The highest BCUT2D eigenvalue weighted by Crippen LogP contribution is 2.45. The van der Waals surface area contributed by atoms with Gasteiger partial charge in [-0.1, -0.05) is 42.5 Å². The second-order valence-corrected chi connectivity index (χ2v) is 7.02. The Morgan fingerprint density at radius 1 is 1.08 bits per heavy atom. The first-order chi connectivity index (χ1) is 12.4. The SMILES string of the molecule is Cc1ccc(C)c(NC(=O)C(=O)NCC(O)(c2ccccc2)C2CC2)c1. The predicted octanol–water partition coefficient (Wildman–Crippen LogP) is 2.66. The van der Waals surface area contributed by atoms with E-state index in [-0.39, 0.29) is 12.5 Å². The summed E-state index contributed by atoms with van der Waals surface area (Å²) in [6.07, 6.45) is 1.83. The molecule has 0 saturated heterocycles. The first kappa shape index (κ1) is 18.1. The molecule has 2 aromatic carbocycles. The summed E-state index contributed by atoms with van der Waals surface area (Å²) in [5.41, 5.74) is 2.12. The third kappa shape index (κ3) is 3.94. The van der Waals surface area contributed by atoms with Gasteiger partial charge in [-0.3, -0.25) is 9.59 Å². The second kappa shape index (κ2) is 7.30. The van der Waals surface area contributed by atoms with Gasteiger partial charge in [-0.25, -0.2) is 0 Å². The molecule has 0 radical (unpaired) electrons. The lowest BCUT2D eigenvalue weighted by Crippen LogP contribution is -2.45. The van der Waals surface area contributed by atoms with E-state index in [1.807, 2.05) is 62.4 Å². The molecular weight excluding hydrogens is 328 g/mol. The normalized spacial score (nSPS) is 15.8. The van der Waals surface area contributed by atoms with Crippen molar-refractivity contribution < 1.29 is 14.7 Å². The van der Waals surface area contributed by atoms with Gasteiger partial charge in [0.15, 0.2) is 0 Å². The number of anilines is 1. The van der Waals surface area contributed by atoms with E-state index >= 15 is 0 Å². The van der Waals surface area contributed by atoms with Crippen LogP contribution in [0.4, 0.5) is 5.69 Å². The van der Waals surface area contributed by atoms with Crippen LogP contribution in [-0.4, -0.2) is 23.5 Å². The molecule has 1 aliphatic rings. The summed E-state index contributed by atoms with van der Waals surface area (Å²) in [6.45, 7) is 3.81. The number of aryl methyl sites for hydroxylation is 2. The van der Waals surface area contributed by atoms with Crippen LogP contribution >= 0.6 is 0 Å². The molecule has 3 rings (SSSR count). The number of nitrogens with one attached hydrogen (secondary N) is 2. The quantitative estimate of drug-likeness (QED) is 0.724. The van der Waals surface area contributed by atoms with Gasteiger partial charge in [-0.2, -0.15) is 0 Å². The van der Waals surface area contributed by atoms with Gasteiger partial charge in [0.2, 0.25) is 0 Å². The Hall–Kier alpha value is -2.66. The molecule has 26 heavy (non-hydrogen) atoms. The molecule has 0 aromatic heterocycles. The van der Waals surface area contributed by atoms with Crippen LogP contribution in [-0.2, 0) is 15.2 Å². The fraction of sp³-hybridized carbons (Fsp3) is 0.333. The van der Waals surface area contributed by atoms with E-state index in [9.17, 15) is 14.7 Å². The molecule has 2 amide bonds. The molecule has 1 fully saturated rings. The number of rotatable bonds is 5. The van der Waals surface area contributed by atoms with Crippen molar-refractivity contribution in [2.45, 2.75) is 32.3 Å². The minimum absolute atomic E-state index is 0.0146. The number of benzene rings is 2. The molecular formula is C21H24N2O3. The van der Waals surface area contributed by atoms with Gasteiger partial charge in [0, 0.05) is 5.69 Å². The molecule has 0 bridgehead atoms. The zero-order valence-electron chi connectivity index (χ0n) is 15.1. The third-order valence-corrected chi connectivity index (χ3v) is 4.89. The van der Waals surface area contributed by atoms with Crippen molar-refractivity contribution in [3.63, 3.8) is 0 Å². The molecule has 3 N–H and O–H groups in total. The first-order valence-corrected chi connectivity index (χ1v) is 8.84. The largest absolute Gasteiger partial charge is 0.383 e. The van der Waals surface area contributed by atoms with E-state index in [2.05, 4.69) is 10.6 Å². The van der Waals surface area contributed by atoms with Crippen LogP contribution in [0.15, 0.2) is 48.5 Å². The summed E-state index contributed by atoms with van der Waals surface area (Å²) in [7, 11) is 0. The molecule has 0 aliphatic heterocycles. The van der Waals surface area contributed by atoms with Crippen LogP contribution in [0.1, 0.15) is 29.5 Å². The van der Waals surface area contributed by atoms with Crippen LogP contribution in [0.2, 0.25) is 0 Å². The molecule has 0 heterocycles. The van der Waals surface area contributed by atoms with E-state index < -0.39 is 17.4 Å². The summed E-state index contributed by atoms with van der Waals surface area (Å²) < 4.78 is 0. The second-order valence-electron chi connectivity index (χ2n) is 7.02. The van der Waals surface area contributed by atoms with Gasteiger partial charge < -0.3 is 15.7 Å².